The van der Waals surface area contributed by atoms with E-state index in [-0.39, 0.29) is 11.5 Å². The van der Waals surface area contributed by atoms with Gasteiger partial charge in [-0.25, -0.2) is 0 Å². The first-order valence-electron chi connectivity index (χ1n) is 8.13. The maximum Gasteiger partial charge on any atom is 0.166 e. The summed E-state index contributed by atoms with van der Waals surface area (Å²) in [5.74, 6) is 1.59. The Bertz CT molecular complexity index is 676. The van der Waals surface area contributed by atoms with Crippen molar-refractivity contribution in [2.45, 2.75) is 37.0 Å². The predicted molar refractivity (Wildman–Crippen MR) is 86.7 cm³/mol. The zero-order chi connectivity index (χ0) is 16.2. The number of alkyl halides is 1. The molecule has 0 N–H and O–H groups in total. The molecule has 2 heterocycles. The summed E-state index contributed by atoms with van der Waals surface area (Å²) >= 11 is 6.27. The van der Waals surface area contributed by atoms with Crippen molar-refractivity contribution in [3.63, 3.8) is 0 Å². The molecule has 23 heavy (non-hydrogen) atoms. The third kappa shape index (κ3) is 2.12. The largest absolute Gasteiger partial charge is 0.849 e. The highest BCUT2D eigenvalue weighted by Gasteiger charge is 2.53. The van der Waals surface area contributed by atoms with Crippen molar-refractivity contribution >= 4 is 11.6 Å². The molecule has 0 amide bonds. The van der Waals surface area contributed by atoms with Crippen molar-refractivity contribution in [2.24, 2.45) is 0 Å². The third-order valence-electron chi connectivity index (χ3n) is 5.69. The number of nitrogens with zero attached hydrogens (tertiary/aromatic N) is 1. The summed E-state index contributed by atoms with van der Waals surface area (Å²) in [5, 5.41) is 12.0. The van der Waals surface area contributed by atoms with Gasteiger partial charge in [0, 0.05) is 17.5 Å². The Morgan fingerprint density at radius 1 is 1.48 bits per heavy atom. The van der Waals surface area contributed by atoms with Crippen LogP contribution in [0.15, 0.2) is 24.3 Å². The highest BCUT2D eigenvalue weighted by atomic mass is 35.5. The van der Waals surface area contributed by atoms with E-state index in [1.54, 1.807) is 7.11 Å². The Balaban J connectivity index is 1.94. The maximum absolute atomic E-state index is 12.0. The standard InChI is InChI=1S/C18H22ClNO3/c1-20(11-19)8-7-18-6-5-13(21)9-15(18)23-17-14(22-2)4-3-12(10-20)16(17)18/h3-6,13,15H,7-11H2,1-2H3/t13-,15-,18-,20+/m0/s1. The van der Waals surface area contributed by atoms with E-state index in [9.17, 15) is 5.11 Å². The second-order valence-corrected chi connectivity index (χ2v) is 7.52. The fourth-order valence-corrected chi connectivity index (χ4v) is 4.57. The lowest BCUT2D eigenvalue weighted by Gasteiger charge is -2.39. The van der Waals surface area contributed by atoms with E-state index in [2.05, 4.69) is 19.2 Å². The van der Waals surface area contributed by atoms with Crippen LogP contribution in [0.4, 0.5) is 0 Å². The minimum Gasteiger partial charge on any atom is -0.849 e. The van der Waals surface area contributed by atoms with Crippen molar-refractivity contribution in [1.82, 2.24) is 0 Å². The van der Waals surface area contributed by atoms with Gasteiger partial charge in [-0.2, -0.15) is 0 Å². The molecule has 1 aromatic rings. The van der Waals surface area contributed by atoms with Gasteiger partial charge in [0.25, 0.3) is 0 Å². The van der Waals surface area contributed by atoms with E-state index in [0.717, 1.165) is 35.5 Å². The zero-order valence-corrected chi connectivity index (χ0v) is 14.3. The van der Waals surface area contributed by atoms with E-state index in [1.807, 2.05) is 12.1 Å². The van der Waals surface area contributed by atoms with Crippen LogP contribution in [0.2, 0.25) is 0 Å². The summed E-state index contributed by atoms with van der Waals surface area (Å²) in [6, 6.07) is 4.69. The molecule has 2 aliphatic heterocycles. The van der Waals surface area contributed by atoms with Crippen LogP contribution in [0.3, 0.4) is 0 Å². The number of hydrogen-bond donors (Lipinski definition) is 0. The van der Waals surface area contributed by atoms with E-state index in [4.69, 9.17) is 21.1 Å². The van der Waals surface area contributed by atoms with Crippen LogP contribution in [-0.2, 0) is 12.0 Å². The van der Waals surface area contributed by atoms with Gasteiger partial charge < -0.3 is 19.1 Å². The SMILES string of the molecule is COc1ccc2c3c1O[C@H]1C[C@@H]([O-])C=C[C@@]31CC[N@@+](C)(CCl)C2. The van der Waals surface area contributed by atoms with Crippen molar-refractivity contribution < 1.29 is 19.1 Å². The Kier molecular flexibility index (Phi) is 3.42. The number of halogens is 1. The molecule has 1 spiro atoms. The maximum atomic E-state index is 12.0. The summed E-state index contributed by atoms with van der Waals surface area (Å²) in [6.45, 7) is 1.84. The first-order valence-corrected chi connectivity index (χ1v) is 8.66. The van der Waals surface area contributed by atoms with Crippen molar-refractivity contribution in [3.05, 3.63) is 35.4 Å². The van der Waals surface area contributed by atoms with Crippen molar-refractivity contribution in [1.29, 1.82) is 0 Å². The summed E-state index contributed by atoms with van der Waals surface area (Å²) in [7, 11) is 3.86. The molecule has 1 aromatic carbocycles. The molecule has 5 heteroatoms. The molecule has 0 unspecified atom stereocenters. The fourth-order valence-electron chi connectivity index (χ4n) is 4.37. The normalized spacial score (nSPS) is 37.6. The van der Waals surface area contributed by atoms with Gasteiger partial charge >= 0.3 is 0 Å². The minimum absolute atomic E-state index is 0.0954. The molecule has 124 valence electrons. The average molecular weight is 336 g/mol. The van der Waals surface area contributed by atoms with Crippen molar-refractivity contribution in [2.75, 3.05) is 26.7 Å². The fraction of sp³-hybridized carbons (Fsp3) is 0.556. The van der Waals surface area contributed by atoms with Crippen LogP contribution >= 0.6 is 11.6 Å². The Hall–Kier alpha value is -1.23. The Morgan fingerprint density at radius 3 is 3.04 bits per heavy atom. The lowest BCUT2D eigenvalue weighted by atomic mass is 9.69. The number of ether oxygens (including phenoxy) is 2. The summed E-state index contributed by atoms with van der Waals surface area (Å²) < 4.78 is 12.6. The van der Waals surface area contributed by atoms with Crippen LogP contribution in [0.1, 0.15) is 24.0 Å². The lowest BCUT2D eigenvalue weighted by Crippen LogP contribution is -2.48. The molecule has 4 nitrogen and oxygen atoms in total. The highest BCUT2D eigenvalue weighted by molar-refractivity contribution is 6.16. The van der Waals surface area contributed by atoms with Crippen LogP contribution in [-0.4, -0.2) is 43.4 Å². The van der Waals surface area contributed by atoms with Crippen LogP contribution in [0.25, 0.3) is 0 Å². The molecule has 3 aliphatic rings. The molecule has 0 radical (unpaired) electrons. The monoisotopic (exact) mass is 335 g/mol. The molecule has 0 bridgehead atoms. The van der Waals surface area contributed by atoms with Gasteiger partial charge in [0.1, 0.15) is 12.6 Å². The molecular weight excluding hydrogens is 314 g/mol. The van der Waals surface area contributed by atoms with Gasteiger partial charge in [0.05, 0.1) is 26.1 Å². The molecule has 0 fully saturated rings. The van der Waals surface area contributed by atoms with Gasteiger partial charge in [0.15, 0.2) is 17.5 Å². The van der Waals surface area contributed by atoms with E-state index < -0.39 is 6.10 Å². The van der Waals surface area contributed by atoms with Crippen LogP contribution < -0.4 is 14.6 Å². The Labute approximate surface area is 141 Å². The van der Waals surface area contributed by atoms with Crippen molar-refractivity contribution in [3.8, 4) is 11.5 Å². The van der Waals surface area contributed by atoms with Crippen LogP contribution in [0, 0.1) is 0 Å². The minimum atomic E-state index is -0.688. The first-order chi connectivity index (χ1) is 11.0. The summed E-state index contributed by atoms with van der Waals surface area (Å²) in [5.41, 5.74) is 2.28. The molecular formula is C18H22ClNO3. The zero-order valence-electron chi connectivity index (χ0n) is 13.5. The van der Waals surface area contributed by atoms with Gasteiger partial charge in [0.2, 0.25) is 0 Å². The number of hydrogen-bond acceptors (Lipinski definition) is 3. The molecule has 4 rings (SSSR count). The first kappa shape index (κ1) is 15.3. The summed E-state index contributed by atoms with van der Waals surface area (Å²) in [4.78, 5) is 0. The molecule has 1 aliphatic carbocycles. The number of rotatable bonds is 2. The number of benzene rings is 1. The number of quaternary nitrogens is 1. The predicted octanol–water partition coefficient (Wildman–Crippen LogP) is 1.93. The van der Waals surface area contributed by atoms with E-state index in [0.29, 0.717) is 12.4 Å². The van der Waals surface area contributed by atoms with Gasteiger partial charge in [-0.3, -0.25) is 0 Å². The smallest absolute Gasteiger partial charge is 0.166 e. The second kappa shape index (κ2) is 5.13. The van der Waals surface area contributed by atoms with Gasteiger partial charge in [-0.15, -0.1) is 12.2 Å². The average Bonchev–Trinajstić information content (AvgIpc) is 2.81. The van der Waals surface area contributed by atoms with Gasteiger partial charge in [-0.05, 0) is 18.6 Å². The molecule has 0 saturated heterocycles. The second-order valence-electron chi connectivity index (χ2n) is 7.28. The lowest BCUT2D eigenvalue weighted by molar-refractivity contribution is -0.911. The van der Waals surface area contributed by atoms with Gasteiger partial charge in [-0.1, -0.05) is 17.7 Å². The Morgan fingerprint density at radius 2 is 2.30 bits per heavy atom. The van der Waals surface area contributed by atoms with E-state index in [1.165, 1.54) is 11.1 Å². The molecule has 0 saturated carbocycles. The third-order valence-corrected chi connectivity index (χ3v) is 6.27. The number of methoxy groups -OCH3 is 1. The quantitative estimate of drug-likeness (QED) is 0.359. The summed E-state index contributed by atoms with van der Waals surface area (Å²) in [6.07, 6.45) is 4.59. The van der Waals surface area contributed by atoms with Crippen LogP contribution in [0.5, 0.6) is 11.5 Å². The topological polar surface area (TPSA) is 41.5 Å². The van der Waals surface area contributed by atoms with E-state index >= 15 is 0 Å². The highest BCUT2D eigenvalue weighted by Crippen LogP contribution is 2.56. The molecule has 4 atom stereocenters. The molecule has 0 aromatic heterocycles.